The second kappa shape index (κ2) is 7.39. The summed E-state index contributed by atoms with van der Waals surface area (Å²) in [6, 6.07) is 19.9. The molecule has 3 aromatic carbocycles. The van der Waals surface area contributed by atoms with E-state index in [1.54, 1.807) is 0 Å². The fourth-order valence-corrected chi connectivity index (χ4v) is 2.99. The monoisotopic (exact) mass is 333 g/mol. The van der Waals surface area contributed by atoms with Crippen LogP contribution in [-0.2, 0) is 4.79 Å². The number of ether oxygens (including phenoxy) is 1. The Bertz CT molecular complexity index is 876. The van der Waals surface area contributed by atoms with Gasteiger partial charge in [0.2, 0.25) is 0 Å². The van der Waals surface area contributed by atoms with E-state index in [-0.39, 0.29) is 5.91 Å². The first-order valence-electron chi connectivity index (χ1n) is 8.61. The highest BCUT2D eigenvalue weighted by Crippen LogP contribution is 2.27. The van der Waals surface area contributed by atoms with E-state index < -0.39 is 6.10 Å². The second-order valence-corrected chi connectivity index (χ2v) is 6.25. The third-order valence-electron chi connectivity index (χ3n) is 4.41. The lowest BCUT2D eigenvalue weighted by Crippen LogP contribution is -2.32. The molecule has 0 aliphatic heterocycles. The summed E-state index contributed by atoms with van der Waals surface area (Å²) in [6.07, 6.45) is 0.0600. The van der Waals surface area contributed by atoms with Crippen molar-refractivity contribution >= 4 is 22.4 Å². The molecule has 1 unspecified atom stereocenters. The summed E-state index contributed by atoms with van der Waals surface area (Å²) in [5.41, 5.74) is 2.97. The van der Waals surface area contributed by atoms with Crippen molar-refractivity contribution in [3.05, 3.63) is 71.8 Å². The van der Waals surface area contributed by atoms with Crippen LogP contribution in [-0.4, -0.2) is 12.0 Å². The molecule has 1 N–H and O–H groups in total. The van der Waals surface area contributed by atoms with E-state index >= 15 is 0 Å². The summed E-state index contributed by atoms with van der Waals surface area (Å²) in [5.74, 6) is 0.620. The quantitative estimate of drug-likeness (QED) is 0.692. The minimum atomic E-state index is -0.537. The average molecular weight is 333 g/mol. The highest BCUT2D eigenvalue weighted by molar-refractivity contribution is 5.96. The van der Waals surface area contributed by atoms with Crippen molar-refractivity contribution in [1.82, 2.24) is 0 Å². The molecule has 3 nitrogen and oxygen atoms in total. The lowest BCUT2D eigenvalue weighted by atomic mass is 10.1. The number of para-hydroxylation sites is 1. The number of hydrogen-bond donors (Lipinski definition) is 1. The Hall–Kier alpha value is -2.81. The molecule has 0 saturated carbocycles. The van der Waals surface area contributed by atoms with E-state index in [0.717, 1.165) is 33.3 Å². The van der Waals surface area contributed by atoms with Crippen molar-refractivity contribution in [3.8, 4) is 5.75 Å². The molecule has 0 fully saturated rings. The van der Waals surface area contributed by atoms with Gasteiger partial charge >= 0.3 is 0 Å². The Labute approximate surface area is 148 Å². The number of aryl methyl sites for hydroxylation is 2. The van der Waals surface area contributed by atoms with Gasteiger partial charge in [-0.05, 0) is 42.8 Å². The standard InChI is InChI=1S/C22H23NO2/c1-4-19(22(24)23-21-15(2)9-7-10-16(21)3)25-20-14-8-12-17-11-5-6-13-18(17)20/h5-14,19H,4H2,1-3H3,(H,23,24). The second-order valence-electron chi connectivity index (χ2n) is 6.25. The maximum Gasteiger partial charge on any atom is 0.265 e. The van der Waals surface area contributed by atoms with Crippen LogP contribution in [0.25, 0.3) is 10.8 Å². The van der Waals surface area contributed by atoms with Crippen molar-refractivity contribution in [1.29, 1.82) is 0 Å². The van der Waals surface area contributed by atoms with Gasteiger partial charge < -0.3 is 10.1 Å². The molecule has 0 aliphatic carbocycles. The summed E-state index contributed by atoms with van der Waals surface area (Å²) in [4.78, 5) is 12.8. The van der Waals surface area contributed by atoms with E-state index in [2.05, 4.69) is 5.32 Å². The van der Waals surface area contributed by atoms with E-state index in [4.69, 9.17) is 4.74 Å². The van der Waals surface area contributed by atoms with Crippen molar-refractivity contribution in [2.75, 3.05) is 5.32 Å². The van der Waals surface area contributed by atoms with Crippen LogP contribution in [0.15, 0.2) is 60.7 Å². The van der Waals surface area contributed by atoms with Gasteiger partial charge in [-0.1, -0.05) is 61.5 Å². The molecule has 3 heteroatoms. The Morgan fingerprint density at radius 2 is 1.60 bits per heavy atom. The normalized spacial score (nSPS) is 12.0. The molecule has 25 heavy (non-hydrogen) atoms. The zero-order valence-corrected chi connectivity index (χ0v) is 14.9. The van der Waals surface area contributed by atoms with E-state index in [1.807, 2.05) is 81.4 Å². The lowest BCUT2D eigenvalue weighted by Gasteiger charge is -2.20. The molecule has 3 rings (SSSR count). The van der Waals surface area contributed by atoms with Gasteiger partial charge in [0.15, 0.2) is 6.10 Å². The van der Waals surface area contributed by atoms with Gasteiger partial charge in [0.1, 0.15) is 5.75 Å². The first kappa shape index (κ1) is 17.0. The number of nitrogens with one attached hydrogen (secondary N) is 1. The summed E-state index contributed by atoms with van der Waals surface area (Å²) in [7, 11) is 0. The molecule has 0 saturated heterocycles. The highest BCUT2D eigenvalue weighted by Gasteiger charge is 2.20. The molecular formula is C22H23NO2. The van der Waals surface area contributed by atoms with Gasteiger partial charge in [-0.25, -0.2) is 0 Å². The van der Waals surface area contributed by atoms with Crippen LogP contribution in [0.2, 0.25) is 0 Å². The van der Waals surface area contributed by atoms with Gasteiger partial charge in [0, 0.05) is 11.1 Å². The Morgan fingerprint density at radius 1 is 0.960 bits per heavy atom. The van der Waals surface area contributed by atoms with E-state index in [0.29, 0.717) is 6.42 Å². The van der Waals surface area contributed by atoms with E-state index in [9.17, 15) is 4.79 Å². The fraction of sp³-hybridized carbons (Fsp3) is 0.227. The molecule has 128 valence electrons. The van der Waals surface area contributed by atoms with Crippen molar-refractivity contribution in [2.24, 2.45) is 0 Å². The highest BCUT2D eigenvalue weighted by atomic mass is 16.5. The van der Waals surface area contributed by atoms with Crippen LogP contribution in [0.3, 0.4) is 0 Å². The van der Waals surface area contributed by atoms with Crippen LogP contribution < -0.4 is 10.1 Å². The Kier molecular flexibility index (Phi) is 5.03. The smallest absolute Gasteiger partial charge is 0.265 e. The predicted octanol–water partition coefficient (Wildman–Crippen LogP) is 5.25. The third-order valence-corrected chi connectivity index (χ3v) is 4.41. The lowest BCUT2D eigenvalue weighted by molar-refractivity contribution is -0.122. The van der Waals surface area contributed by atoms with Crippen LogP contribution in [0.1, 0.15) is 24.5 Å². The number of benzene rings is 3. The van der Waals surface area contributed by atoms with Gasteiger partial charge in [-0.15, -0.1) is 0 Å². The molecule has 0 radical (unpaired) electrons. The molecule has 0 bridgehead atoms. The molecule has 3 aromatic rings. The summed E-state index contributed by atoms with van der Waals surface area (Å²) in [6.45, 7) is 5.95. The number of fused-ring (bicyclic) bond motifs is 1. The maximum absolute atomic E-state index is 12.8. The van der Waals surface area contributed by atoms with Gasteiger partial charge in [0.05, 0.1) is 0 Å². The Balaban J connectivity index is 1.83. The first-order valence-corrected chi connectivity index (χ1v) is 8.61. The minimum absolute atomic E-state index is 0.118. The number of rotatable bonds is 5. The zero-order chi connectivity index (χ0) is 17.8. The number of carbonyl (C=O) groups is 1. The van der Waals surface area contributed by atoms with Crippen LogP contribution in [0.4, 0.5) is 5.69 Å². The van der Waals surface area contributed by atoms with Crippen LogP contribution >= 0.6 is 0 Å². The number of anilines is 1. The number of amides is 1. The fourth-order valence-electron chi connectivity index (χ4n) is 2.99. The third kappa shape index (κ3) is 3.66. The predicted molar refractivity (Wildman–Crippen MR) is 103 cm³/mol. The number of carbonyl (C=O) groups excluding carboxylic acids is 1. The van der Waals surface area contributed by atoms with E-state index in [1.165, 1.54) is 0 Å². The molecule has 0 spiro atoms. The van der Waals surface area contributed by atoms with Gasteiger partial charge in [-0.3, -0.25) is 4.79 Å². The maximum atomic E-state index is 12.8. The van der Waals surface area contributed by atoms with Gasteiger partial charge in [-0.2, -0.15) is 0 Å². The number of hydrogen-bond acceptors (Lipinski definition) is 2. The van der Waals surface area contributed by atoms with Crippen LogP contribution in [0, 0.1) is 13.8 Å². The first-order chi connectivity index (χ1) is 12.1. The van der Waals surface area contributed by atoms with Crippen molar-refractivity contribution in [3.63, 3.8) is 0 Å². The zero-order valence-electron chi connectivity index (χ0n) is 14.9. The summed E-state index contributed by atoms with van der Waals surface area (Å²) >= 11 is 0. The summed E-state index contributed by atoms with van der Waals surface area (Å²) in [5, 5.41) is 5.15. The largest absolute Gasteiger partial charge is 0.480 e. The average Bonchev–Trinajstić information content (AvgIpc) is 2.62. The molecular weight excluding hydrogens is 310 g/mol. The van der Waals surface area contributed by atoms with Crippen molar-refractivity contribution in [2.45, 2.75) is 33.3 Å². The summed E-state index contributed by atoms with van der Waals surface area (Å²) < 4.78 is 6.08. The molecule has 0 heterocycles. The van der Waals surface area contributed by atoms with Crippen LogP contribution in [0.5, 0.6) is 5.75 Å². The minimum Gasteiger partial charge on any atom is -0.480 e. The molecule has 1 atom stereocenters. The Morgan fingerprint density at radius 3 is 2.32 bits per heavy atom. The van der Waals surface area contributed by atoms with Gasteiger partial charge in [0.25, 0.3) is 5.91 Å². The van der Waals surface area contributed by atoms with Crippen molar-refractivity contribution < 1.29 is 9.53 Å². The molecule has 1 amide bonds. The topological polar surface area (TPSA) is 38.3 Å². The SMILES string of the molecule is CCC(Oc1cccc2ccccc12)C(=O)Nc1c(C)cccc1C. The molecule has 0 aromatic heterocycles. The molecule has 0 aliphatic rings.